The molecule has 2 rings (SSSR count). The van der Waals surface area contributed by atoms with Gasteiger partial charge in [-0.2, -0.15) is 0 Å². The topological polar surface area (TPSA) is 78.4 Å². The van der Waals surface area contributed by atoms with E-state index >= 15 is 0 Å². The molecule has 6 heteroatoms. The number of anilines is 1. The summed E-state index contributed by atoms with van der Waals surface area (Å²) in [4.78, 5) is 22.1. The second-order valence-electron chi connectivity index (χ2n) is 4.37. The van der Waals surface area contributed by atoms with Crippen molar-refractivity contribution in [2.24, 2.45) is 0 Å². The number of aliphatic hydroxyl groups excluding tert-OH is 1. The van der Waals surface area contributed by atoms with Crippen LogP contribution in [0.15, 0.2) is 12.4 Å². The molecule has 2 N–H and O–H groups in total. The smallest absolute Gasteiger partial charge is 0.274 e. The minimum Gasteiger partial charge on any atom is -0.394 e. The average Bonchev–Trinajstić information content (AvgIpc) is 2.46. The third kappa shape index (κ3) is 2.59. The molecule has 18 heavy (non-hydrogen) atoms. The van der Waals surface area contributed by atoms with E-state index in [9.17, 15) is 9.90 Å². The van der Waals surface area contributed by atoms with Crippen molar-refractivity contribution in [1.29, 1.82) is 0 Å². The number of carbonyl (C=O) groups is 1. The Bertz CT molecular complexity index is 407. The Morgan fingerprint density at radius 2 is 2.33 bits per heavy atom. The van der Waals surface area contributed by atoms with Gasteiger partial charge in [-0.05, 0) is 19.3 Å². The number of carbonyl (C=O) groups excluding carboxylic acids is 1. The molecule has 0 radical (unpaired) electrons. The molecule has 1 amide bonds. The molecule has 2 heterocycles. The zero-order valence-electron chi connectivity index (χ0n) is 10.5. The molecule has 1 atom stereocenters. The molecule has 1 fully saturated rings. The van der Waals surface area contributed by atoms with Crippen molar-refractivity contribution in [2.75, 3.05) is 25.5 Å². The van der Waals surface area contributed by atoms with E-state index in [-0.39, 0.29) is 18.6 Å². The van der Waals surface area contributed by atoms with E-state index in [4.69, 9.17) is 0 Å². The fourth-order valence-electron chi connectivity index (χ4n) is 2.17. The summed E-state index contributed by atoms with van der Waals surface area (Å²) in [7, 11) is 1.75. The van der Waals surface area contributed by atoms with Gasteiger partial charge in [-0.25, -0.2) is 9.97 Å². The first-order valence-corrected chi connectivity index (χ1v) is 6.18. The van der Waals surface area contributed by atoms with Gasteiger partial charge in [0.2, 0.25) is 0 Å². The number of aliphatic hydroxyl groups is 1. The second kappa shape index (κ2) is 5.77. The van der Waals surface area contributed by atoms with Gasteiger partial charge in [-0.3, -0.25) is 4.79 Å². The molecule has 1 saturated heterocycles. The van der Waals surface area contributed by atoms with Crippen LogP contribution in [0, 0.1) is 0 Å². The van der Waals surface area contributed by atoms with Crippen molar-refractivity contribution >= 4 is 11.7 Å². The third-order valence-electron chi connectivity index (χ3n) is 3.23. The first kappa shape index (κ1) is 12.8. The van der Waals surface area contributed by atoms with E-state index in [1.165, 1.54) is 12.4 Å². The first-order valence-electron chi connectivity index (χ1n) is 6.18. The number of likely N-dealkylation sites (tertiary alicyclic amines) is 1. The van der Waals surface area contributed by atoms with Gasteiger partial charge < -0.3 is 15.3 Å². The molecule has 0 aromatic carbocycles. The molecule has 1 aromatic rings. The minimum absolute atomic E-state index is 0.00771. The highest BCUT2D eigenvalue weighted by Crippen LogP contribution is 2.18. The van der Waals surface area contributed by atoms with Crippen molar-refractivity contribution in [1.82, 2.24) is 14.9 Å². The lowest BCUT2D eigenvalue weighted by atomic mass is 10.0. The Morgan fingerprint density at radius 3 is 2.94 bits per heavy atom. The van der Waals surface area contributed by atoms with E-state index in [2.05, 4.69) is 15.3 Å². The zero-order valence-corrected chi connectivity index (χ0v) is 10.5. The Labute approximate surface area is 106 Å². The van der Waals surface area contributed by atoms with Gasteiger partial charge in [0.1, 0.15) is 11.5 Å². The average molecular weight is 250 g/mol. The van der Waals surface area contributed by atoms with Crippen molar-refractivity contribution in [2.45, 2.75) is 25.3 Å². The maximum Gasteiger partial charge on any atom is 0.274 e. The summed E-state index contributed by atoms with van der Waals surface area (Å²) in [5.74, 6) is 0.479. The van der Waals surface area contributed by atoms with Crippen LogP contribution in [0.5, 0.6) is 0 Å². The number of hydrogen-bond acceptors (Lipinski definition) is 5. The van der Waals surface area contributed by atoms with Crippen LogP contribution in [-0.2, 0) is 0 Å². The van der Waals surface area contributed by atoms with Gasteiger partial charge in [-0.15, -0.1) is 0 Å². The summed E-state index contributed by atoms with van der Waals surface area (Å²) in [5, 5.41) is 12.2. The van der Waals surface area contributed by atoms with E-state index in [1.807, 2.05) is 0 Å². The fraction of sp³-hybridized carbons (Fsp3) is 0.583. The Hall–Kier alpha value is -1.69. The number of rotatable bonds is 3. The molecule has 98 valence electrons. The fourth-order valence-corrected chi connectivity index (χ4v) is 2.17. The molecular formula is C12H18N4O2. The van der Waals surface area contributed by atoms with Crippen LogP contribution in [0.3, 0.4) is 0 Å². The highest BCUT2D eigenvalue weighted by atomic mass is 16.3. The summed E-state index contributed by atoms with van der Waals surface area (Å²) in [6.45, 7) is 0.688. The lowest BCUT2D eigenvalue weighted by Crippen LogP contribution is -2.45. The van der Waals surface area contributed by atoms with Gasteiger partial charge in [0, 0.05) is 13.6 Å². The van der Waals surface area contributed by atoms with Gasteiger partial charge in [-0.1, -0.05) is 0 Å². The molecule has 6 nitrogen and oxygen atoms in total. The largest absolute Gasteiger partial charge is 0.394 e. The lowest BCUT2D eigenvalue weighted by molar-refractivity contribution is 0.0497. The van der Waals surface area contributed by atoms with Crippen molar-refractivity contribution < 1.29 is 9.90 Å². The standard InChI is InChI=1S/C12H18N4O2/c1-13-11-7-14-10(6-15-11)12(18)16-5-3-2-4-9(16)8-17/h6-7,9,17H,2-5,8H2,1H3,(H,13,15). The lowest BCUT2D eigenvalue weighted by Gasteiger charge is -2.34. The van der Waals surface area contributed by atoms with Crippen LogP contribution < -0.4 is 5.32 Å². The summed E-state index contributed by atoms with van der Waals surface area (Å²) in [5.41, 5.74) is 0.328. The summed E-state index contributed by atoms with van der Waals surface area (Å²) in [6, 6.07) is -0.0861. The van der Waals surface area contributed by atoms with Crippen LogP contribution >= 0.6 is 0 Å². The number of hydrogen-bond donors (Lipinski definition) is 2. The van der Waals surface area contributed by atoms with Gasteiger partial charge >= 0.3 is 0 Å². The highest BCUT2D eigenvalue weighted by molar-refractivity contribution is 5.92. The molecule has 0 saturated carbocycles. The predicted octanol–water partition coefficient (Wildman–Crippen LogP) is 0.505. The second-order valence-corrected chi connectivity index (χ2v) is 4.37. The molecule has 1 aromatic heterocycles. The van der Waals surface area contributed by atoms with E-state index in [1.54, 1.807) is 11.9 Å². The molecule has 1 aliphatic heterocycles. The number of aromatic nitrogens is 2. The van der Waals surface area contributed by atoms with Crippen LogP contribution in [0.2, 0.25) is 0 Å². The third-order valence-corrected chi connectivity index (χ3v) is 3.23. The Balaban J connectivity index is 2.13. The molecule has 0 spiro atoms. The maximum atomic E-state index is 12.3. The van der Waals surface area contributed by atoms with Gasteiger partial charge in [0.05, 0.1) is 25.0 Å². The molecule has 0 aliphatic carbocycles. The Morgan fingerprint density at radius 1 is 1.50 bits per heavy atom. The minimum atomic E-state index is -0.149. The van der Waals surface area contributed by atoms with Crippen molar-refractivity contribution in [3.8, 4) is 0 Å². The van der Waals surface area contributed by atoms with Gasteiger partial charge in [0.15, 0.2) is 0 Å². The normalized spacial score (nSPS) is 19.7. The molecule has 1 unspecified atom stereocenters. The number of amides is 1. The molecule has 0 bridgehead atoms. The maximum absolute atomic E-state index is 12.3. The van der Waals surface area contributed by atoms with Crippen molar-refractivity contribution in [3.05, 3.63) is 18.1 Å². The molecular weight excluding hydrogens is 232 g/mol. The van der Waals surface area contributed by atoms with E-state index in [0.717, 1.165) is 19.3 Å². The number of nitrogens with one attached hydrogen (secondary N) is 1. The SMILES string of the molecule is CNc1cnc(C(=O)N2CCCCC2CO)cn1. The monoisotopic (exact) mass is 250 g/mol. The van der Waals surface area contributed by atoms with E-state index < -0.39 is 0 Å². The Kier molecular flexibility index (Phi) is 4.09. The quantitative estimate of drug-likeness (QED) is 0.817. The van der Waals surface area contributed by atoms with Crippen LogP contribution in [0.1, 0.15) is 29.8 Å². The van der Waals surface area contributed by atoms with Crippen LogP contribution in [0.4, 0.5) is 5.82 Å². The predicted molar refractivity (Wildman–Crippen MR) is 67.3 cm³/mol. The summed E-state index contributed by atoms with van der Waals surface area (Å²) < 4.78 is 0. The van der Waals surface area contributed by atoms with E-state index in [0.29, 0.717) is 18.1 Å². The summed E-state index contributed by atoms with van der Waals surface area (Å²) in [6.07, 6.45) is 5.89. The highest BCUT2D eigenvalue weighted by Gasteiger charge is 2.27. The first-order chi connectivity index (χ1) is 8.76. The van der Waals surface area contributed by atoms with Crippen molar-refractivity contribution in [3.63, 3.8) is 0 Å². The zero-order chi connectivity index (χ0) is 13.0. The van der Waals surface area contributed by atoms with Crippen LogP contribution in [0.25, 0.3) is 0 Å². The number of nitrogens with zero attached hydrogens (tertiary/aromatic N) is 3. The van der Waals surface area contributed by atoms with Gasteiger partial charge in [0.25, 0.3) is 5.91 Å². The van der Waals surface area contributed by atoms with Crippen LogP contribution in [-0.4, -0.2) is 52.1 Å². The summed E-state index contributed by atoms with van der Waals surface area (Å²) >= 11 is 0. The molecule has 1 aliphatic rings. The number of piperidine rings is 1.